The van der Waals surface area contributed by atoms with Crippen molar-refractivity contribution in [2.75, 3.05) is 0 Å². The fourth-order valence-corrected chi connectivity index (χ4v) is 2.12. The van der Waals surface area contributed by atoms with E-state index in [1.54, 1.807) is 0 Å². The van der Waals surface area contributed by atoms with E-state index in [1.165, 1.54) is 0 Å². The van der Waals surface area contributed by atoms with Crippen LogP contribution < -0.4 is 18.7 Å². The van der Waals surface area contributed by atoms with Crippen LogP contribution >= 0.6 is 26.9 Å². The minimum atomic E-state index is -5.39. The van der Waals surface area contributed by atoms with Gasteiger partial charge < -0.3 is 19.2 Å². The van der Waals surface area contributed by atoms with Crippen LogP contribution in [0.15, 0.2) is 30.3 Å². The van der Waals surface area contributed by atoms with Gasteiger partial charge in [-0.3, -0.25) is 0 Å². The van der Waals surface area contributed by atoms with E-state index in [0.29, 0.717) is 0 Å². The van der Waals surface area contributed by atoms with Gasteiger partial charge in [-0.25, -0.2) is 0 Å². The van der Waals surface area contributed by atoms with E-state index in [4.69, 9.17) is 38.3 Å². The summed E-state index contributed by atoms with van der Waals surface area (Å²) in [7, 11) is 5.98. The number of rotatable bonds is 1. The van der Waals surface area contributed by atoms with Crippen LogP contribution in [0.1, 0.15) is 0 Å². The fraction of sp³-hybridized carbons (Fsp3) is 0. The molecule has 0 heterocycles. The average Bonchev–Trinajstić information content (AvgIpc) is 2.03. The molecule has 0 aliphatic carbocycles. The van der Waals surface area contributed by atoms with Crippen molar-refractivity contribution in [2.24, 2.45) is 0 Å². The fourth-order valence-electron chi connectivity index (χ4n) is 0.482. The Morgan fingerprint density at radius 2 is 1.43 bits per heavy atom. The van der Waals surface area contributed by atoms with Crippen molar-refractivity contribution in [3.8, 4) is 0 Å². The van der Waals surface area contributed by atoms with Crippen LogP contribution in [0.2, 0.25) is 0 Å². The monoisotopic (exact) mass is 348 g/mol. The first-order valence-electron chi connectivity index (χ1n) is 3.04. The molecule has 0 saturated carbocycles. The van der Waals surface area contributed by atoms with Crippen molar-refractivity contribution < 1.29 is 34.0 Å². The molecule has 14 heavy (non-hydrogen) atoms. The van der Waals surface area contributed by atoms with Crippen LogP contribution in [-0.4, -0.2) is 0 Å². The van der Waals surface area contributed by atoms with Gasteiger partial charge in [0.05, 0.1) is 0 Å². The summed E-state index contributed by atoms with van der Waals surface area (Å²) >= 11 is -1.39. The number of hydrogen-bond acceptors (Lipinski definition) is 4. The second kappa shape index (κ2) is 6.95. The van der Waals surface area contributed by atoms with Crippen molar-refractivity contribution in [3.63, 3.8) is 0 Å². The molecule has 0 unspecified atom stereocenters. The number of benzene rings is 1. The van der Waals surface area contributed by atoms with Crippen LogP contribution in [0.4, 0.5) is 0 Å². The maximum atomic E-state index is 8.55. The molecule has 1 rings (SSSR count). The second-order valence-electron chi connectivity index (χ2n) is 1.87. The Hall–Kier alpha value is 0.572. The Kier molecular flexibility index (Phi) is 7.23. The molecule has 0 aliphatic rings. The van der Waals surface area contributed by atoms with Crippen LogP contribution in [-0.2, 0) is 19.3 Å². The van der Waals surface area contributed by atoms with Gasteiger partial charge >= 0.3 is 68.1 Å². The van der Waals surface area contributed by atoms with E-state index < -0.39 is 22.5 Å². The Labute approximate surface area is 95.0 Å². The summed E-state index contributed by atoms with van der Waals surface area (Å²) in [4.78, 5) is 25.6. The van der Waals surface area contributed by atoms with Gasteiger partial charge in [0.25, 0.3) is 0 Å². The Bertz CT molecular complexity index is 294. The van der Waals surface area contributed by atoms with Crippen LogP contribution in [0.5, 0.6) is 0 Å². The zero-order valence-electron chi connectivity index (χ0n) is 6.54. The van der Waals surface area contributed by atoms with Gasteiger partial charge in [-0.15, -0.1) is 0 Å². The molecular weight excluding hydrogens is 344 g/mol. The first kappa shape index (κ1) is 14.6. The Balaban J connectivity index is 0.000000292. The van der Waals surface area contributed by atoms with E-state index in [1.807, 2.05) is 30.3 Å². The molecule has 0 radical (unpaired) electrons. The van der Waals surface area contributed by atoms with E-state index in [-0.39, 0.29) is 0 Å². The molecule has 0 atom stereocenters. The predicted octanol–water partition coefficient (Wildman–Crippen LogP) is -0.587. The molecule has 0 aliphatic heterocycles. The van der Waals surface area contributed by atoms with Gasteiger partial charge in [-0.1, -0.05) is 0 Å². The molecule has 0 N–H and O–H groups in total. The normalized spacial score (nSPS) is 11.4. The second-order valence-corrected chi connectivity index (χ2v) is 8.03. The summed E-state index contributed by atoms with van der Waals surface area (Å²) in [5, 5.41) is 0. The SMILES string of the molecule is O=P([O-])([O-])[O-].[Cl][Pd+3]([Cl])[c]1ccccc1. The van der Waals surface area contributed by atoms with Gasteiger partial charge in [0.1, 0.15) is 0 Å². The molecular formula is C6H5Cl2O4PPd. The zero-order chi connectivity index (χ0) is 11.2. The minimum absolute atomic E-state index is 1.06. The topological polar surface area (TPSA) is 86.2 Å². The molecule has 0 aromatic heterocycles. The molecule has 0 bridgehead atoms. The molecule has 0 fully saturated rings. The third-order valence-electron chi connectivity index (χ3n) is 0.851. The van der Waals surface area contributed by atoms with Crippen LogP contribution in [0.3, 0.4) is 0 Å². The molecule has 4 nitrogen and oxygen atoms in total. The summed E-state index contributed by atoms with van der Waals surface area (Å²) < 4.78 is 9.61. The van der Waals surface area contributed by atoms with Crippen LogP contribution in [0.25, 0.3) is 0 Å². The molecule has 0 spiro atoms. The van der Waals surface area contributed by atoms with Gasteiger partial charge in [0.2, 0.25) is 0 Å². The molecule has 82 valence electrons. The van der Waals surface area contributed by atoms with Crippen molar-refractivity contribution in [1.82, 2.24) is 0 Å². The number of hydrogen-bond donors (Lipinski definition) is 0. The van der Waals surface area contributed by atoms with Crippen molar-refractivity contribution >= 4 is 30.9 Å². The summed E-state index contributed by atoms with van der Waals surface area (Å²) in [6.45, 7) is 0. The zero-order valence-corrected chi connectivity index (χ0v) is 10.5. The van der Waals surface area contributed by atoms with Gasteiger partial charge in [0, 0.05) is 0 Å². The van der Waals surface area contributed by atoms with Gasteiger partial charge in [0.15, 0.2) is 0 Å². The number of halogens is 2. The third kappa shape index (κ3) is 10.7. The predicted molar refractivity (Wildman–Crippen MR) is 45.4 cm³/mol. The molecule has 8 heteroatoms. The summed E-state index contributed by atoms with van der Waals surface area (Å²) in [6, 6.07) is 9.72. The van der Waals surface area contributed by atoms with Crippen molar-refractivity contribution in [3.05, 3.63) is 30.3 Å². The van der Waals surface area contributed by atoms with E-state index in [9.17, 15) is 0 Å². The Morgan fingerprint density at radius 3 is 1.64 bits per heavy atom. The quantitative estimate of drug-likeness (QED) is 0.501. The van der Waals surface area contributed by atoms with Crippen LogP contribution in [0, 0.1) is 0 Å². The van der Waals surface area contributed by atoms with Crippen molar-refractivity contribution in [1.29, 1.82) is 0 Å². The van der Waals surface area contributed by atoms with Gasteiger partial charge in [-0.2, -0.15) is 7.82 Å². The molecule has 0 saturated heterocycles. The first-order valence-corrected chi connectivity index (χ1v) is 9.28. The van der Waals surface area contributed by atoms with Gasteiger partial charge in [-0.05, 0) is 0 Å². The van der Waals surface area contributed by atoms with Crippen molar-refractivity contribution in [2.45, 2.75) is 0 Å². The average molecular weight is 349 g/mol. The van der Waals surface area contributed by atoms with E-state index in [0.717, 1.165) is 4.04 Å². The molecule has 0 amide bonds. The summed E-state index contributed by atoms with van der Waals surface area (Å²) in [5.41, 5.74) is 0. The molecule has 1 aromatic rings. The Morgan fingerprint density at radius 1 is 1.07 bits per heavy atom. The van der Waals surface area contributed by atoms with E-state index in [2.05, 4.69) is 0 Å². The third-order valence-corrected chi connectivity index (χ3v) is 3.68. The first-order chi connectivity index (χ1) is 6.30. The van der Waals surface area contributed by atoms with E-state index >= 15 is 0 Å². The summed E-state index contributed by atoms with van der Waals surface area (Å²) in [6.07, 6.45) is 0. The number of phosphoric acid groups is 1. The standard InChI is InChI=1S/C6H5.2ClH.H3O4P.Pd/c1-2-4-6-5-3-1;;;1-5(2,3)4;/h1-5H;2*1H;(H3,1,2,3,4);/q;;;;+5/p-5. The maximum absolute atomic E-state index is 8.55. The molecule has 1 aromatic carbocycles. The summed E-state index contributed by atoms with van der Waals surface area (Å²) in [5.74, 6) is 0.